The van der Waals surface area contributed by atoms with Crippen molar-refractivity contribution in [2.45, 2.75) is 6.92 Å². The van der Waals surface area contributed by atoms with E-state index in [0.717, 1.165) is 21.6 Å². The predicted molar refractivity (Wildman–Crippen MR) is 102 cm³/mol. The predicted octanol–water partition coefficient (Wildman–Crippen LogP) is 2.67. The maximum absolute atomic E-state index is 12.5. The average Bonchev–Trinajstić information content (AvgIpc) is 3.10. The highest BCUT2D eigenvalue weighted by atomic mass is 16.2. The summed E-state index contributed by atoms with van der Waals surface area (Å²) in [6.45, 7) is 2.02. The lowest BCUT2D eigenvalue weighted by Gasteiger charge is -2.07. The Labute approximate surface area is 148 Å². The molecular formula is C20H16N4O2. The summed E-state index contributed by atoms with van der Waals surface area (Å²) in [6, 6.07) is 18.6. The number of nitrogens with one attached hydrogen (secondary N) is 1. The molecule has 0 unspecified atom stereocenters. The fourth-order valence-corrected chi connectivity index (χ4v) is 2.89. The molecule has 6 nitrogen and oxygen atoms in total. The first-order chi connectivity index (χ1) is 12.6. The zero-order valence-electron chi connectivity index (χ0n) is 14.1. The summed E-state index contributed by atoms with van der Waals surface area (Å²) in [5.74, 6) is 0. The van der Waals surface area contributed by atoms with Gasteiger partial charge >= 0.3 is 5.69 Å². The lowest BCUT2D eigenvalue weighted by Crippen LogP contribution is -2.32. The van der Waals surface area contributed by atoms with E-state index < -0.39 is 11.2 Å². The quantitative estimate of drug-likeness (QED) is 0.580. The topological polar surface area (TPSA) is 72.2 Å². The highest BCUT2D eigenvalue weighted by Crippen LogP contribution is 2.13. The zero-order chi connectivity index (χ0) is 18.1. The van der Waals surface area contributed by atoms with E-state index >= 15 is 0 Å². The Kier molecular flexibility index (Phi) is 3.85. The van der Waals surface area contributed by atoms with E-state index in [2.05, 4.69) is 10.1 Å². The number of aromatic amines is 1. The Bertz CT molecular complexity index is 1240. The van der Waals surface area contributed by atoms with Crippen LogP contribution in [0.5, 0.6) is 0 Å². The standard InChI is InChI=1S/C20H16N4O2/c1-14-6-4-7-15(12-14)23-11-5-8-16(23)13-21-24-19(25)17-9-2-3-10-18(17)22-20(24)26/h2-13H,1H3,(H,22,26). The molecule has 2 heterocycles. The van der Waals surface area contributed by atoms with Crippen LogP contribution < -0.4 is 11.2 Å². The summed E-state index contributed by atoms with van der Waals surface area (Å²) in [4.78, 5) is 27.4. The van der Waals surface area contributed by atoms with Gasteiger partial charge in [0.15, 0.2) is 0 Å². The van der Waals surface area contributed by atoms with Crippen molar-refractivity contribution in [3.8, 4) is 5.69 Å². The number of para-hydroxylation sites is 1. The maximum atomic E-state index is 12.5. The molecule has 4 aromatic rings. The lowest BCUT2D eigenvalue weighted by molar-refractivity contribution is 0.770. The second kappa shape index (κ2) is 6.33. The first-order valence-corrected chi connectivity index (χ1v) is 8.16. The summed E-state index contributed by atoms with van der Waals surface area (Å²) in [5, 5.41) is 4.54. The van der Waals surface area contributed by atoms with Gasteiger partial charge in [0.05, 0.1) is 22.8 Å². The van der Waals surface area contributed by atoms with Gasteiger partial charge in [-0.15, -0.1) is 4.68 Å². The number of aryl methyl sites for hydroxylation is 1. The smallest absolute Gasteiger partial charge is 0.316 e. The fraction of sp³-hybridized carbons (Fsp3) is 0.0500. The van der Waals surface area contributed by atoms with Crippen LogP contribution in [0.25, 0.3) is 16.6 Å². The Balaban J connectivity index is 1.79. The van der Waals surface area contributed by atoms with Gasteiger partial charge in [0.25, 0.3) is 5.56 Å². The SMILES string of the molecule is Cc1cccc(-n2cccc2C=Nn2c(=O)[nH]c3ccccc3c2=O)c1. The van der Waals surface area contributed by atoms with Crippen molar-refractivity contribution in [3.63, 3.8) is 0 Å². The Morgan fingerprint density at radius 1 is 1.00 bits per heavy atom. The number of benzene rings is 2. The van der Waals surface area contributed by atoms with Crippen molar-refractivity contribution < 1.29 is 0 Å². The van der Waals surface area contributed by atoms with Gasteiger partial charge in [-0.2, -0.15) is 5.10 Å². The first-order valence-electron chi connectivity index (χ1n) is 8.16. The number of nitrogens with zero attached hydrogens (tertiary/aromatic N) is 3. The van der Waals surface area contributed by atoms with Gasteiger partial charge in [-0.05, 0) is 48.9 Å². The van der Waals surface area contributed by atoms with Gasteiger partial charge in [-0.25, -0.2) is 4.79 Å². The van der Waals surface area contributed by atoms with E-state index in [9.17, 15) is 9.59 Å². The van der Waals surface area contributed by atoms with E-state index in [4.69, 9.17) is 0 Å². The third-order valence-electron chi connectivity index (χ3n) is 4.15. The number of fused-ring (bicyclic) bond motifs is 1. The van der Waals surface area contributed by atoms with E-state index in [1.165, 1.54) is 6.21 Å². The molecule has 0 aliphatic carbocycles. The Morgan fingerprint density at radius 2 is 1.85 bits per heavy atom. The Morgan fingerprint density at radius 3 is 2.69 bits per heavy atom. The molecule has 2 aromatic carbocycles. The summed E-state index contributed by atoms with van der Waals surface area (Å²) < 4.78 is 2.78. The van der Waals surface area contributed by atoms with Crippen molar-refractivity contribution in [3.05, 3.63) is 99.0 Å². The Hall–Kier alpha value is -3.67. The van der Waals surface area contributed by atoms with Crippen molar-refractivity contribution in [1.82, 2.24) is 14.2 Å². The van der Waals surface area contributed by atoms with Crippen molar-refractivity contribution in [2.24, 2.45) is 5.10 Å². The van der Waals surface area contributed by atoms with E-state index in [-0.39, 0.29) is 0 Å². The van der Waals surface area contributed by atoms with Gasteiger partial charge in [-0.1, -0.05) is 24.3 Å². The van der Waals surface area contributed by atoms with Crippen LogP contribution in [0.3, 0.4) is 0 Å². The molecule has 26 heavy (non-hydrogen) atoms. The van der Waals surface area contributed by atoms with Crippen LogP contribution in [0.2, 0.25) is 0 Å². The molecule has 1 N–H and O–H groups in total. The van der Waals surface area contributed by atoms with Crippen LogP contribution in [0.15, 0.2) is 81.6 Å². The fourth-order valence-electron chi connectivity index (χ4n) is 2.89. The number of rotatable bonds is 3. The van der Waals surface area contributed by atoms with E-state index in [1.54, 1.807) is 24.3 Å². The molecule has 4 rings (SSSR count). The highest BCUT2D eigenvalue weighted by molar-refractivity contribution is 5.79. The van der Waals surface area contributed by atoms with Crippen molar-refractivity contribution in [2.75, 3.05) is 0 Å². The van der Waals surface area contributed by atoms with Gasteiger partial charge < -0.3 is 9.55 Å². The van der Waals surface area contributed by atoms with Crippen LogP contribution >= 0.6 is 0 Å². The van der Waals surface area contributed by atoms with Gasteiger partial charge in [-0.3, -0.25) is 4.79 Å². The highest BCUT2D eigenvalue weighted by Gasteiger charge is 2.06. The van der Waals surface area contributed by atoms with Crippen LogP contribution in [0, 0.1) is 6.92 Å². The zero-order valence-corrected chi connectivity index (χ0v) is 14.1. The molecular weight excluding hydrogens is 328 g/mol. The second-order valence-corrected chi connectivity index (χ2v) is 5.98. The van der Waals surface area contributed by atoms with Crippen LogP contribution in [-0.2, 0) is 0 Å². The molecule has 2 aromatic heterocycles. The molecule has 0 spiro atoms. The molecule has 0 saturated carbocycles. The monoisotopic (exact) mass is 344 g/mol. The molecule has 0 atom stereocenters. The second-order valence-electron chi connectivity index (χ2n) is 5.98. The molecule has 0 aliphatic rings. The third-order valence-corrected chi connectivity index (χ3v) is 4.15. The minimum absolute atomic E-state index is 0.415. The van der Waals surface area contributed by atoms with E-state index in [0.29, 0.717) is 10.9 Å². The van der Waals surface area contributed by atoms with E-state index in [1.807, 2.05) is 54.1 Å². The van der Waals surface area contributed by atoms with Crippen molar-refractivity contribution in [1.29, 1.82) is 0 Å². The average molecular weight is 344 g/mol. The first kappa shape index (κ1) is 15.8. The molecule has 0 radical (unpaired) electrons. The molecule has 0 aliphatic heterocycles. The molecule has 0 fully saturated rings. The minimum atomic E-state index is -0.571. The summed E-state index contributed by atoms with van der Waals surface area (Å²) in [5.41, 5.74) is 2.36. The molecule has 0 amide bonds. The minimum Gasteiger partial charge on any atom is -0.316 e. The number of aromatic nitrogens is 3. The van der Waals surface area contributed by atoms with Gasteiger partial charge in [0, 0.05) is 11.9 Å². The molecule has 0 saturated heterocycles. The summed E-state index contributed by atoms with van der Waals surface area (Å²) in [6.07, 6.45) is 3.41. The number of H-pyrrole nitrogens is 1. The van der Waals surface area contributed by atoms with Crippen LogP contribution in [0.4, 0.5) is 0 Å². The maximum Gasteiger partial charge on any atom is 0.349 e. The molecule has 6 heteroatoms. The normalized spacial score (nSPS) is 11.4. The summed E-state index contributed by atoms with van der Waals surface area (Å²) in [7, 11) is 0. The number of hydrogen-bond acceptors (Lipinski definition) is 3. The molecule has 128 valence electrons. The largest absolute Gasteiger partial charge is 0.349 e. The van der Waals surface area contributed by atoms with Crippen LogP contribution in [-0.4, -0.2) is 20.4 Å². The van der Waals surface area contributed by atoms with Gasteiger partial charge in [0.1, 0.15) is 0 Å². The van der Waals surface area contributed by atoms with Crippen LogP contribution in [0.1, 0.15) is 11.3 Å². The van der Waals surface area contributed by atoms with Gasteiger partial charge in [0.2, 0.25) is 0 Å². The summed E-state index contributed by atoms with van der Waals surface area (Å²) >= 11 is 0. The van der Waals surface area contributed by atoms with Crippen molar-refractivity contribution >= 4 is 17.1 Å². The lowest BCUT2D eigenvalue weighted by atomic mass is 10.2. The third kappa shape index (κ3) is 2.77. The number of hydrogen-bond donors (Lipinski definition) is 1. The molecule has 0 bridgehead atoms.